The van der Waals surface area contributed by atoms with E-state index < -0.39 is 15.4 Å². The Morgan fingerprint density at radius 1 is 1.00 bits per heavy atom. The number of hydrogen-bond donors (Lipinski definition) is 0. The lowest BCUT2D eigenvalue weighted by molar-refractivity contribution is 0.194. The Bertz CT molecular complexity index is 705. The van der Waals surface area contributed by atoms with E-state index in [1.165, 1.54) is 46.6 Å². The zero-order valence-corrected chi connectivity index (χ0v) is 16.4. The molecule has 0 unspecified atom stereocenters. The highest BCUT2D eigenvalue weighted by Gasteiger charge is 2.22. The van der Waals surface area contributed by atoms with E-state index in [-0.39, 0.29) is 0 Å². The highest BCUT2D eigenvalue weighted by Crippen LogP contribution is 2.48. The van der Waals surface area contributed by atoms with Crippen LogP contribution in [0.5, 0.6) is 0 Å². The Morgan fingerprint density at radius 3 is 2.12 bits per heavy atom. The third-order valence-electron chi connectivity index (χ3n) is 3.06. The Balaban J connectivity index is 3.09. The minimum atomic E-state index is -3.63. The summed E-state index contributed by atoms with van der Waals surface area (Å²) in [6, 6.07) is 9.56. The Labute approximate surface area is 148 Å². The molecule has 7 nitrogen and oxygen atoms in total. The van der Waals surface area contributed by atoms with Crippen LogP contribution in [0.4, 0.5) is 0 Å². The third-order valence-corrected chi connectivity index (χ3v) is 5.80. The van der Waals surface area contributed by atoms with Crippen LogP contribution in [0.15, 0.2) is 59.8 Å². The van der Waals surface area contributed by atoms with Crippen LogP contribution in [-0.4, -0.2) is 28.4 Å². The van der Waals surface area contributed by atoms with E-state index in [4.69, 9.17) is 13.6 Å². The Hall–Kier alpha value is -1.42. The lowest BCUT2D eigenvalue weighted by Crippen LogP contribution is -1.91. The molecule has 0 N–H and O–H groups in total. The second-order valence-electron chi connectivity index (χ2n) is 4.59. The molecular weight excluding hydrogens is 366 g/mol. The van der Waals surface area contributed by atoms with Crippen molar-refractivity contribution in [2.75, 3.05) is 28.4 Å². The molecule has 9 heteroatoms. The van der Waals surface area contributed by atoms with E-state index in [0.29, 0.717) is 12.0 Å². The van der Waals surface area contributed by atoms with E-state index in [2.05, 4.69) is 14.8 Å². The Kier molecular flexibility index (Phi) is 9.12. The second kappa shape index (κ2) is 10.5. The van der Waals surface area contributed by atoms with Gasteiger partial charge in [-0.1, -0.05) is 30.3 Å². The van der Waals surface area contributed by atoms with E-state index in [1.807, 2.05) is 30.3 Å². The first-order chi connectivity index (χ1) is 11.9. The first kappa shape index (κ1) is 21.6. The minimum absolute atomic E-state index is 0.467. The summed E-state index contributed by atoms with van der Waals surface area (Å²) in [6.45, 7) is 0. The molecule has 0 spiro atoms. The van der Waals surface area contributed by atoms with Gasteiger partial charge in [0.2, 0.25) is 0 Å². The minimum Gasteiger partial charge on any atom is -0.412 e. The largest absolute Gasteiger partial charge is 0.528 e. The van der Waals surface area contributed by atoms with Crippen LogP contribution in [0.1, 0.15) is 5.56 Å². The summed E-state index contributed by atoms with van der Waals surface area (Å²) in [5.41, 5.74) is 4.46. The number of phosphoric acid groups is 1. The number of phosphoric ester groups is 1. The molecule has 0 saturated heterocycles. The fourth-order valence-corrected chi connectivity index (χ4v) is 2.88. The number of allylic oxidation sites excluding steroid dienone is 2. The third kappa shape index (κ3) is 7.55. The first-order valence-corrected chi connectivity index (χ1v) is 10.3. The van der Waals surface area contributed by atoms with Gasteiger partial charge >= 0.3 is 15.4 Å². The van der Waals surface area contributed by atoms with Crippen LogP contribution in [0.25, 0.3) is 0 Å². The van der Waals surface area contributed by atoms with Crippen LogP contribution in [-0.2, 0) is 38.2 Å². The molecule has 25 heavy (non-hydrogen) atoms. The smallest absolute Gasteiger partial charge is 0.412 e. The summed E-state index contributed by atoms with van der Waals surface area (Å²) in [5, 5.41) is 0. The molecule has 138 valence electrons. The molecule has 1 aromatic carbocycles. The van der Waals surface area contributed by atoms with Crippen molar-refractivity contribution in [3.8, 4) is 0 Å². The predicted octanol–water partition coefficient (Wildman–Crippen LogP) is 4.69. The summed E-state index contributed by atoms with van der Waals surface area (Å²) < 4.78 is 48.0. The maximum atomic E-state index is 12.1. The molecule has 0 saturated carbocycles. The van der Waals surface area contributed by atoms with Gasteiger partial charge in [0.1, 0.15) is 0 Å². The van der Waals surface area contributed by atoms with Gasteiger partial charge in [-0.05, 0) is 11.6 Å². The van der Waals surface area contributed by atoms with Gasteiger partial charge in [-0.3, -0.25) is 13.6 Å². The molecular formula is C16H22O7P2. The van der Waals surface area contributed by atoms with Gasteiger partial charge in [0.05, 0.1) is 12.1 Å². The Morgan fingerprint density at radius 2 is 1.60 bits per heavy atom. The van der Waals surface area contributed by atoms with Crippen molar-refractivity contribution in [2.45, 2.75) is 6.42 Å². The highest BCUT2D eigenvalue weighted by molar-refractivity contribution is 7.57. The van der Waals surface area contributed by atoms with Crippen molar-refractivity contribution in [3.63, 3.8) is 0 Å². The summed E-state index contributed by atoms with van der Waals surface area (Å²) >= 11 is 0. The topological polar surface area (TPSA) is 80.3 Å². The lowest BCUT2D eigenvalue weighted by atomic mass is 10.1. The molecule has 1 aromatic rings. The van der Waals surface area contributed by atoms with Crippen LogP contribution < -0.4 is 0 Å². The summed E-state index contributed by atoms with van der Waals surface area (Å²) in [5.74, 6) is 1.22. The standard InChI is InChI=1S/C16H22O7P2/c1-19-24(17,20-2)13-11-16(14-15-8-6-5-7-9-15)10-12-23-25(18,21-3)22-4/h5-10,12-13H,14H2,1-4H3/b12-10-. The average molecular weight is 388 g/mol. The van der Waals surface area contributed by atoms with Crippen LogP contribution in [0.3, 0.4) is 0 Å². The number of rotatable bonds is 10. The van der Waals surface area contributed by atoms with Crippen molar-refractivity contribution in [3.05, 3.63) is 65.4 Å². The van der Waals surface area contributed by atoms with Crippen LogP contribution in [0, 0.1) is 0 Å². The van der Waals surface area contributed by atoms with Crippen molar-refractivity contribution in [1.82, 2.24) is 0 Å². The summed E-state index contributed by atoms with van der Waals surface area (Å²) in [4.78, 5) is 0. The van der Waals surface area contributed by atoms with E-state index in [1.54, 1.807) is 0 Å². The molecule has 0 aliphatic heterocycles. The van der Waals surface area contributed by atoms with E-state index in [9.17, 15) is 9.13 Å². The molecule has 0 atom stereocenters. The van der Waals surface area contributed by atoms with Crippen molar-refractivity contribution in [2.24, 2.45) is 0 Å². The molecule has 0 heterocycles. The van der Waals surface area contributed by atoms with Gasteiger partial charge in [0.15, 0.2) is 0 Å². The van der Waals surface area contributed by atoms with Gasteiger partial charge in [0.25, 0.3) is 0 Å². The van der Waals surface area contributed by atoms with Gasteiger partial charge in [0, 0.05) is 40.4 Å². The van der Waals surface area contributed by atoms with Gasteiger partial charge in [-0.2, -0.15) is 0 Å². The predicted molar refractivity (Wildman–Crippen MR) is 95.2 cm³/mol. The zero-order chi connectivity index (χ0) is 18.8. The van der Waals surface area contributed by atoms with E-state index >= 15 is 0 Å². The van der Waals surface area contributed by atoms with Gasteiger partial charge in [-0.15, -0.1) is 5.73 Å². The average Bonchev–Trinajstić information content (AvgIpc) is 2.66. The van der Waals surface area contributed by atoms with Gasteiger partial charge in [-0.25, -0.2) is 4.57 Å². The normalized spacial score (nSPS) is 12.0. The molecule has 0 bridgehead atoms. The SMILES string of the molecule is COP(=O)(C=C=C(/C=C\OP(=O)(OC)OC)Cc1ccccc1)OC. The molecule has 0 radical (unpaired) electrons. The molecule has 1 rings (SSSR count). The second-order valence-corrected chi connectivity index (χ2v) is 8.49. The first-order valence-electron chi connectivity index (χ1n) is 7.18. The van der Waals surface area contributed by atoms with Crippen molar-refractivity contribution >= 4 is 15.4 Å². The fourth-order valence-electron chi connectivity index (χ4n) is 1.66. The van der Waals surface area contributed by atoms with Crippen molar-refractivity contribution < 1.29 is 31.7 Å². The van der Waals surface area contributed by atoms with Crippen LogP contribution in [0.2, 0.25) is 0 Å². The monoisotopic (exact) mass is 388 g/mol. The lowest BCUT2D eigenvalue weighted by Gasteiger charge is -2.10. The zero-order valence-electron chi connectivity index (χ0n) is 14.6. The van der Waals surface area contributed by atoms with E-state index in [0.717, 1.165) is 5.56 Å². The van der Waals surface area contributed by atoms with Gasteiger partial charge < -0.3 is 13.6 Å². The number of benzene rings is 1. The maximum absolute atomic E-state index is 12.1. The molecule has 0 aliphatic rings. The molecule has 0 aromatic heterocycles. The quantitative estimate of drug-likeness (QED) is 0.249. The fraction of sp³-hybridized carbons (Fsp3) is 0.312. The molecule has 0 amide bonds. The van der Waals surface area contributed by atoms with Crippen LogP contribution >= 0.6 is 15.4 Å². The van der Waals surface area contributed by atoms with Crippen molar-refractivity contribution in [1.29, 1.82) is 0 Å². The molecule has 0 aliphatic carbocycles. The number of hydrogen-bond acceptors (Lipinski definition) is 7. The summed E-state index contributed by atoms with van der Waals surface area (Å²) in [7, 11) is -1.98. The highest BCUT2D eigenvalue weighted by atomic mass is 31.2. The maximum Gasteiger partial charge on any atom is 0.528 e. The summed E-state index contributed by atoms with van der Waals surface area (Å²) in [6.07, 6.45) is 3.16. The molecule has 0 fully saturated rings.